The van der Waals surface area contributed by atoms with E-state index in [-0.39, 0.29) is 23.7 Å². The van der Waals surface area contributed by atoms with Crippen molar-refractivity contribution in [2.45, 2.75) is 36.3 Å². The highest BCUT2D eigenvalue weighted by Crippen LogP contribution is 2.34. The van der Waals surface area contributed by atoms with Gasteiger partial charge in [-0.25, -0.2) is 31.4 Å². The Morgan fingerprint density at radius 1 is 1.18 bits per heavy atom. The van der Waals surface area contributed by atoms with Crippen molar-refractivity contribution >= 4 is 44.4 Å². The first-order valence-corrected chi connectivity index (χ1v) is 14.0. The summed E-state index contributed by atoms with van der Waals surface area (Å²) in [7, 11) is -4.35. The molecule has 2 aromatic carbocycles. The summed E-state index contributed by atoms with van der Waals surface area (Å²) in [6.07, 6.45) is -4.02. The molecule has 0 unspecified atom stereocenters. The molecule has 0 saturated carbocycles. The summed E-state index contributed by atoms with van der Waals surface area (Å²) in [5, 5.41) is 10.9. The number of sulfone groups is 1. The molecule has 16 heteroatoms. The average Bonchev–Trinajstić information content (AvgIpc) is 3.30. The summed E-state index contributed by atoms with van der Waals surface area (Å²) in [6, 6.07) is 5.49. The van der Waals surface area contributed by atoms with Crippen LogP contribution in [0.3, 0.4) is 0 Å². The maximum atomic E-state index is 14.9. The molecule has 0 spiro atoms. The van der Waals surface area contributed by atoms with E-state index in [0.717, 1.165) is 25.6 Å². The van der Waals surface area contributed by atoms with Gasteiger partial charge in [0.15, 0.2) is 15.7 Å². The second-order valence-corrected chi connectivity index (χ2v) is 11.3. The molecule has 0 amide bonds. The second-order valence-electron chi connectivity index (χ2n) is 8.27. The van der Waals surface area contributed by atoms with E-state index in [1.807, 2.05) is 0 Å². The zero-order chi connectivity index (χ0) is 29.0. The van der Waals surface area contributed by atoms with E-state index in [9.17, 15) is 34.8 Å². The average molecular weight is 616 g/mol. The van der Waals surface area contributed by atoms with Crippen molar-refractivity contribution in [2.24, 2.45) is 0 Å². The van der Waals surface area contributed by atoms with Crippen LogP contribution in [-0.2, 0) is 33.5 Å². The smallest absolute Gasteiger partial charge is 0.475 e. The number of likely N-dealkylation sites (tertiary alicyclic amines) is 1. The van der Waals surface area contributed by atoms with Gasteiger partial charge in [-0.15, -0.1) is 11.3 Å². The van der Waals surface area contributed by atoms with Crippen molar-refractivity contribution in [3.05, 3.63) is 74.5 Å². The minimum absolute atomic E-state index is 0.0600. The number of alkyl halides is 3. The lowest BCUT2D eigenvalue weighted by molar-refractivity contribution is -0.192. The van der Waals surface area contributed by atoms with Crippen LogP contribution in [0.15, 0.2) is 40.1 Å². The van der Waals surface area contributed by atoms with Crippen molar-refractivity contribution in [3.63, 3.8) is 0 Å². The van der Waals surface area contributed by atoms with Gasteiger partial charge in [-0.05, 0) is 31.1 Å². The van der Waals surface area contributed by atoms with Crippen molar-refractivity contribution < 1.29 is 44.7 Å². The molecule has 0 atom stereocenters. The Hall–Kier alpha value is -2.88. The molecule has 3 aromatic rings. The van der Waals surface area contributed by atoms with Gasteiger partial charge in [0, 0.05) is 30.1 Å². The minimum Gasteiger partial charge on any atom is -0.475 e. The number of carbonyl (C=O) groups is 1. The number of halogens is 7. The molecule has 1 aliphatic heterocycles. The number of carboxylic acid groups (broad SMARTS) is 1. The Morgan fingerprint density at radius 2 is 1.85 bits per heavy atom. The van der Waals surface area contributed by atoms with Gasteiger partial charge in [-0.1, -0.05) is 23.7 Å². The highest BCUT2D eigenvalue weighted by molar-refractivity contribution is 7.90. The quantitative estimate of drug-likeness (QED) is 0.250. The first-order valence-electron chi connectivity index (χ1n) is 11.0. The van der Waals surface area contributed by atoms with E-state index in [1.54, 1.807) is 12.1 Å². The fourth-order valence-corrected chi connectivity index (χ4v) is 5.83. The zero-order valence-corrected chi connectivity index (χ0v) is 22.1. The summed E-state index contributed by atoms with van der Waals surface area (Å²) >= 11 is 7.22. The predicted octanol–water partition coefficient (Wildman–Crippen LogP) is 5.64. The number of nitrogens with one attached hydrogen (secondary N) is 1. The SMILES string of the molecule is O=C(O)C(F)(F)F.O=S(=O)(Cc1cscn1)c1c(F)cc(NCc2cccc(F)c2CN2CCC2)c(Cl)c1F. The molecule has 212 valence electrons. The summed E-state index contributed by atoms with van der Waals surface area (Å²) < 4.78 is 101. The lowest BCUT2D eigenvalue weighted by atomic mass is 10.0. The number of carboxylic acids is 1. The van der Waals surface area contributed by atoms with E-state index < -0.39 is 49.3 Å². The molecule has 39 heavy (non-hydrogen) atoms. The van der Waals surface area contributed by atoms with Crippen LogP contribution < -0.4 is 5.32 Å². The van der Waals surface area contributed by atoms with E-state index in [1.165, 1.54) is 28.3 Å². The third-order valence-corrected chi connectivity index (χ3v) is 8.18. The van der Waals surface area contributed by atoms with Gasteiger partial charge in [0.2, 0.25) is 0 Å². The topological polar surface area (TPSA) is 99.6 Å². The van der Waals surface area contributed by atoms with Gasteiger partial charge in [0.1, 0.15) is 21.6 Å². The van der Waals surface area contributed by atoms with Crippen LogP contribution in [0.25, 0.3) is 0 Å². The van der Waals surface area contributed by atoms with Gasteiger partial charge < -0.3 is 10.4 Å². The Bertz CT molecular complexity index is 1430. The van der Waals surface area contributed by atoms with E-state index >= 15 is 0 Å². The van der Waals surface area contributed by atoms with Crippen LogP contribution in [-0.4, -0.2) is 48.6 Å². The van der Waals surface area contributed by atoms with Crippen LogP contribution in [0.4, 0.5) is 32.0 Å². The molecular weight excluding hydrogens is 596 g/mol. The number of anilines is 1. The van der Waals surface area contributed by atoms with Gasteiger partial charge >= 0.3 is 12.1 Å². The van der Waals surface area contributed by atoms with Gasteiger partial charge in [0.05, 0.1) is 22.6 Å². The highest BCUT2D eigenvalue weighted by atomic mass is 35.5. The van der Waals surface area contributed by atoms with Crippen molar-refractivity contribution in [3.8, 4) is 0 Å². The van der Waals surface area contributed by atoms with Gasteiger partial charge in [-0.2, -0.15) is 13.2 Å². The number of thiazole rings is 1. The molecule has 1 fully saturated rings. The van der Waals surface area contributed by atoms with Crippen LogP contribution in [0.1, 0.15) is 23.2 Å². The van der Waals surface area contributed by atoms with Crippen LogP contribution in [0, 0.1) is 17.5 Å². The fraction of sp³-hybridized carbons (Fsp3) is 0.304. The monoisotopic (exact) mass is 615 g/mol. The minimum atomic E-state index is -5.08. The standard InChI is InChI=1S/C21H19ClF3N3O2S2.C2HF3O2/c22-19-18(26-8-13-3-1-4-16(23)15(13)9-28-5-2-6-28)7-17(24)21(20(19)25)32(29,30)11-14-10-31-12-27-14;3-2(4,5)1(6)7/h1,3-4,7,10,12,26H,2,5-6,8-9,11H2;(H,6,7). The molecule has 1 saturated heterocycles. The lowest BCUT2D eigenvalue weighted by Crippen LogP contribution is -2.36. The maximum Gasteiger partial charge on any atom is 0.490 e. The number of aliphatic carboxylic acids is 1. The Morgan fingerprint density at radius 3 is 2.38 bits per heavy atom. The van der Waals surface area contributed by atoms with E-state index in [2.05, 4.69) is 15.2 Å². The third-order valence-electron chi connectivity index (χ3n) is 5.51. The summed E-state index contributed by atoms with van der Waals surface area (Å²) in [4.78, 5) is 13.7. The molecule has 2 heterocycles. The zero-order valence-electron chi connectivity index (χ0n) is 19.7. The van der Waals surface area contributed by atoms with Crippen molar-refractivity contribution in [2.75, 3.05) is 18.4 Å². The molecule has 1 aliphatic rings. The number of benzene rings is 2. The number of hydrogen-bond donors (Lipinski definition) is 2. The van der Waals surface area contributed by atoms with Crippen molar-refractivity contribution in [1.82, 2.24) is 9.88 Å². The predicted molar refractivity (Wildman–Crippen MR) is 132 cm³/mol. The van der Waals surface area contributed by atoms with Gasteiger partial charge in [0.25, 0.3) is 0 Å². The molecule has 7 nitrogen and oxygen atoms in total. The third kappa shape index (κ3) is 7.84. The van der Waals surface area contributed by atoms with E-state index in [0.29, 0.717) is 17.7 Å². The molecular formula is C23H20ClF6N3O4S2. The van der Waals surface area contributed by atoms with Gasteiger partial charge in [-0.3, -0.25) is 4.90 Å². The summed E-state index contributed by atoms with van der Waals surface area (Å²) in [6.45, 7) is 2.28. The van der Waals surface area contributed by atoms with E-state index in [4.69, 9.17) is 21.5 Å². The Balaban J connectivity index is 0.000000532. The number of aromatic nitrogens is 1. The Kier molecular flexibility index (Phi) is 9.85. The molecule has 0 aliphatic carbocycles. The number of hydrogen-bond acceptors (Lipinski definition) is 7. The van der Waals surface area contributed by atoms with Crippen molar-refractivity contribution in [1.29, 1.82) is 0 Å². The summed E-state index contributed by atoms with van der Waals surface area (Å²) in [5.74, 6) is -6.39. The Labute approximate surface area is 228 Å². The number of nitrogens with zero attached hydrogens (tertiary/aromatic N) is 2. The fourth-order valence-electron chi connectivity index (χ4n) is 3.47. The molecule has 2 N–H and O–H groups in total. The van der Waals surface area contributed by atoms with Crippen LogP contribution in [0.2, 0.25) is 5.02 Å². The second kappa shape index (κ2) is 12.5. The molecule has 0 radical (unpaired) electrons. The normalized spacial score (nSPS) is 13.8. The van der Waals surface area contributed by atoms with Crippen LogP contribution >= 0.6 is 22.9 Å². The maximum absolute atomic E-state index is 14.9. The summed E-state index contributed by atoms with van der Waals surface area (Å²) in [5.41, 5.74) is 2.62. The number of rotatable bonds is 8. The first-order chi connectivity index (χ1) is 18.2. The molecule has 4 rings (SSSR count). The lowest BCUT2D eigenvalue weighted by Gasteiger charge is -2.31. The highest BCUT2D eigenvalue weighted by Gasteiger charge is 2.38. The molecule has 1 aromatic heterocycles. The first kappa shape index (κ1) is 30.7. The largest absolute Gasteiger partial charge is 0.490 e. The molecule has 0 bridgehead atoms. The van der Waals surface area contributed by atoms with Crippen LogP contribution in [0.5, 0.6) is 0 Å².